The van der Waals surface area contributed by atoms with Crippen LogP contribution >= 0.6 is 0 Å². The number of aliphatic hydroxyl groups excluding tert-OH is 6. The van der Waals surface area contributed by atoms with Crippen molar-refractivity contribution in [2.24, 2.45) is 23.7 Å². The Bertz CT molecular complexity index is 1730. The van der Waals surface area contributed by atoms with Gasteiger partial charge in [-0.1, -0.05) is 72.8 Å². The maximum absolute atomic E-state index is 10.9. The van der Waals surface area contributed by atoms with Gasteiger partial charge in [0.25, 0.3) is 0 Å². The van der Waals surface area contributed by atoms with Crippen LogP contribution in [-0.2, 0) is 50.7 Å². The van der Waals surface area contributed by atoms with E-state index in [-0.39, 0.29) is 86.5 Å². The van der Waals surface area contributed by atoms with Crippen LogP contribution in [0.1, 0.15) is 140 Å². The van der Waals surface area contributed by atoms with Crippen LogP contribution in [0.2, 0.25) is 0 Å². The van der Waals surface area contributed by atoms with Gasteiger partial charge in [-0.15, -0.1) is 0 Å². The van der Waals surface area contributed by atoms with E-state index in [2.05, 4.69) is 60.7 Å². The molecule has 14 nitrogen and oxygen atoms in total. The van der Waals surface area contributed by atoms with Gasteiger partial charge < -0.3 is 68.5 Å². The van der Waals surface area contributed by atoms with Crippen molar-refractivity contribution in [2.75, 3.05) is 39.6 Å². The maximum atomic E-state index is 10.9. The normalized spacial score (nSPS) is 33.0. The summed E-state index contributed by atoms with van der Waals surface area (Å²) in [5.41, 5.74) is 2.56. The van der Waals surface area contributed by atoms with E-state index in [0.29, 0.717) is 38.9 Å². The van der Waals surface area contributed by atoms with E-state index in [1.165, 1.54) is 11.1 Å². The first kappa shape index (κ1) is 57.3. The van der Waals surface area contributed by atoms with E-state index >= 15 is 0 Å². The molecule has 0 spiro atoms. The molecule has 0 aromatic heterocycles. The minimum atomic E-state index is -0.869. The third-order valence-electron chi connectivity index (χ3n) is 15.8. The number of hydrogen-bond acceptors (Lipinski definition) is 14. The Labute approximate surface area is 429 Å². The van der Waals surface area contributed by atoms with E-state index < -0.39 is 24.4 Å². The molecule has 406 valence electrons. The lowest BCUT2D eigenvalue weighted by atomic mass is 9.84. The summed E-state index contributed by atoms with van der Waals surface area (Å²) in [6.45, 7) is 2.28. The average Bonchev–Trinajstić information content (AvgIpc) is 3.87. The summed E-state index contributed by atoms with van der Waals surface area (Å²) in [5.74, 6) is -0.372. The molecule has 4 aliphatic heterocycles. The Morgan fingerprint density at radius 3 is 1.53 bits per heavy atom. The number of aryl methyl sites for hydroxylation is 2. The van der Waals surface area contributed by atoms with Gasteiger partial charge in [-0.25, -0.2) is 0 Å². The minimum Gasteiger partial charge on any atom is -0.394 e. The van der Waals surface area contributed by atoms with Crippen LogP contribution in [0.5, 0.6) is 0 Å². The summed E-state index contributed by atoms with van der Waals surface area (Å²) < 4.78 is 49.0. The molecule has 4 heterocycles. The third kappa shape index (κ3) is 19.0. The summed E-state index contributed by atoms with van der Waals surface area (Å²) >= 11 is 0. The van der Waals surface area contributed by atoms with E-state index in [1.807, 2.05) is 12.1 Å². The van der Waals surface area contributed by atoms with Crippen LogP contribution in [0.15, 0.2) is 72.8 Å². The van der Waals surface area contributed by atoms with E-state index in [0.717, 1.165) is 129 Å². The molecule has 6 aliphatic rings. The summed E-state index contributed by atoms with van der Waals surface area (Å²) in [6, 6.07) is 20.9. The zero-order chi connectivity index (χ0) is 50.3. The highest BCUT2D eigenvalue weighted by Crippen LogP contribution is 2.43. The summed E-state index contributed by atoms with van der Waals surface area (Å²) in [6.07, 6.45) is 19.2. The van der Waals surface area contributed by atoms with Crippen LogP contribution in [0.4, 0.5) is 0 Å². The molecule has 2 aromatic carbocycles. The highest BCUT2D eigenvalue weighted by atomic mass is 16.7. The van der Waals surface area contributed by atoms with Crippen molar-refractivity contribution < 1.29 is 68.5 Å². The molecule has 2 aromatic rings. The molecule has 6 fully saturated rings. The first-order valence-corrected chi connectivity index (χ1v) is 28.0. The van der Waals surface area contributed by atoms with Gasteiger partial charge in [0, 0.05) is 45.2 Å². The molecule has 2 saturated carbocycles. The molecule has 14 heteroatoms. The molecule has 4 saturated heterocycles. The van der Waals surface area contributed by atoms with E-state index in [4.69, 9.17) is 37.9 Å². The van der Waals surface area contributed by atoms with Gasteiger partial charge >= 0.3 is 0 Å². The van der Waals surface area contributed by atoms with Crippen LogP contribution < -0.4 is 0 Å². The first-order chi connectivity index (χ1) is 35.2. The molecule has 2 aliphatic carbocycles. The molecule has 0 radical (unpaired) electrons. The quantitative estimate of drug-likeness (QED) is 0.0530. The lowest BCUT2D eigenvalue weighted by molar-refractivity contribution is -0.201. The topological polar surface area (TPSA) is 195 Å². The molecule has 0 bridgehead atoms. The SMILES string of the molecule is OCC(O)C[C@@H]1[C@@H](/C=C/[C@H](CCc2ccccc2)OC2CCCCO2)[C@H](OC2CCCCO2)C[C@@H]1O.OCC(O)C[C@@H]1[C@@H](CC[C@H](CCc2ccccc2)OC2CCCCO2)[C@H](OC2CCCCO2)C[C@@H]1O. The number of aliphatic hydroxyl groups is 6. The summed E-state index contributed by atoms with van der Waals surface area (Å²) in [7, 11) is 0. The summed E-state index contributed by atoms with van der Waals surface area (Å²) in [4.78, 5) is 0. The van der Waals surface area contributed by atoms with Gasteiger partial charge in [-0.3, -0.25) is 0 Å². The second-order valence-corrected chi connectivity index (χ2v) is 21.3. The summed E-state index contributed by atoms with van der Waals surface area (Å²) in [5, 5.41) is 61.1. The molecule has 8 rings (SSSR count). The van der Waals surface area contributed by atoms with Crippen LogP contribution in [0.3, 0.4) is 0 Å². The van der Waals surface area contributed by atoms with Crippen molar-refractivity contribution in [3.63, 3.8) is 0 Å². The Balaban J connectivity index is 0.000000211. The van der Waals surface area contributed by atoms with Gasteiger partial charge in [0.1, 0.15) is 0 Å². The Kier molecular flexibility index (Phi) is 25.2. The molecule has 16 atom stereocenters. The highest BCUT2D eigenvalue weighted by molar-refractivity contribution is 5.16. The fourth-order valence-corrected chi connectivity index (χ4v) is 11.8. The Hall–Kier alpha value is -2.38. The number of hydrogen-bond donors (Lipinski definition) is 6. The van der Waals surface area contributed by atoms with Crippen molar-refractivity contribution in [1.29, 1.82) is 0 Å². The standard InChI is InChI=1S/C29H46O7.C29H44O7/c2*30-20-22(31)18-25-24(27(19-26(25)32)36-29-11-5-7-17-34-29)15-14-23(35-28-10-4-6-16-33-28)13-12-21-8-2-1-3-9-21/h1-3,8-9,22-32H,4-7,10-20H2;1-3,8-9,14-15,22-32H,4-7,10-13,16-20H2/b;15-14+/t2*22?,23-,24+,25+,26-,27+,28?,29?/m00/s1. The minimum absolute atomic E-state index is 0.0426. The monoisotopic (exact) mass is 1010 g/mol. The fraction of sp³-hybridized carbons (Fsp3) is 0.759. The van der Waals surface area contributed by atoms with Crippen molar-refractivity contribution in [3.05, 3.63) is 83.9 Å². The molecule has 0 amide bonds. The van der Waals surface area contributed by atoms with Crippen molar-refractivity contribution >= 4 is 0 Å². The van der Waals surface area contributed by atoms with Gasteiger partial charge in [-0.05, 0) is 157 Å². The number of ether oxygens (including phenoxy) is 8. The van der Waals surface area contributed by atoms with Gasteiger partial charge in [0.2, 0.25) is 0 Å². The van der Waals surface area contributed by atoms with Crippen molar-refractivity contribution in [2.45, 2.75) is 215 Å². The van der Waals surface area contributed by atoms with Gasteiger partial charge in [0.15, 0.2) is 25.2 Å². The number of benzene rings is 2. The zero-order valence-corrected chi connectivity index (χ0v) is 42.9. The second kappa shape index (κ2) is 31.6. The molecule has 6 unspecified atom stereocenters. The Morgan fingerprint density at radius 1 is 0.528 bits per heavy atom. The average molecular weight is 1010 g/mol. The van der Waals surface area contributed by atoms with Gasteiger partial charge in [-0.2, -0.15) is 0 Å². The first-order valence-electron chi connectivity index (χ1n) is 28.0. The second-order valence-electron chi connectivity index (χ2n) is 21.3. The van der Waals surface area contributed by atoms with Crippen LogP contribution in [0, 0.1) is 23.7 Å². The predicted octanol–water partition coefficient (Wildman–Crippen LogP) is 7.70. The Morgan fingerprint density at radius 2 is 1.00 bits per heavy atom. The molecule has 72 heavy (non-hydrogen) atoms. The zero-order valence-electron chi connectivity index (χ0n) is 42.9. The molecular weight excluding hydrogens is 921 g/mol. The highest BCUT2D eigenvalue weighted by Gasteiger charge is 2.46. The lowest BCUT2D eigenvalue weighted by Gasteiger charge is -2.33. The fourth-order valence-electron chi connectivity index (χ4n) is 11.8. The van der Waals surface area contributed by atoms with E-state index in [9.17, 15) is 30.6 Å². The molecule has 6 N–H and O–H groups in total. The molecular formula is C58H90O14. The smallest absolute Gasteiger partial charge is 0.158 e. The maximum Gasteiger partial charge on any atom is 0.158 e. The lowest BCUT2D eigenvalue weighted by Crippen LogP contribution is -2.34. The van der Waals surface area contributed by atoms with Crippen molar-refractivity contribution in [1.82, 2.24) is 0 Å². The van der Waals surface area contributed by atoms with Crippen LogP contribution in [-0.4, -0.2) is 144 Å². The van der Waals surface area contributed by atoms with Gasteiger partial charge in [0.05, 0.1) is 62.0 Å². The number of rotatable bonds is 25. The largest absolute Gasteiger partial charge is 0.394 e. The van der Waals surface area contributed by atoms with Crippen LogP contribution in [0.25, 0.3) is 0 Å². The third-order valence-corrected chi connectivity index (χ3v) is 15.8. The van der Waals surface area contributed by atoms with Crippen molar-refractivity contribution in [3.8, 4) is 0 Å². The predicted molar refractivity (Wildman–Crippen MR) is 272 cm³/mol. The van der Waals surface area contributed by atoms with E-state index in [1.54, 1.807) is 0 Å².